The van der Waals surface area contributed by atoms with Gasteiger partial charge in [0.15, 0.2) is 0 Å². The van der Waals surface area contributed by atoms with Crippen LogP contribution >= 0.6 is 0 Å². The molecule has 1 aromatic carbocycles. The molecule has 0 aromatic heterocycles. The highest BCUT2D eigenvalue weighted by Gasteiger charge is 2.04. The molecular formula is C12H15NO5. The second-order valence-corrected chi connectivity index (χ2v) is 3.63. The number of nitrogens with zero attached hydrogens (tertiary/aromatic N) is 1. The first-order chi connectivity index (χ1) is 8.63. The Morgan fingerprint density at radius 1 is 1.28 bits per heavy atom. The third kappa shape index (κ3) is 4.82. The Kier molecular flexibility index (Phi) is 5.63. The standard InChI is InChI=1S/C12H15NO5/c1-17-12(14)4-2-3-9-18-11-7-5-10(6-8-11)13(15)16/h5-8H,2-4,9H2,1H3. The quantitative estimate of drug-likeness (QED) is 0.322. The Morgan fingerprint density at radius 3 is 2.50 bits per heavy atom. The fraction of sp³-hybridized carbons (Fsp3) is 0.417. The third-order valence-electron chi connectivity index (χ3n) is 2.32. The summed E-state index contributed by atoms with van der Waals surface area (Å²) >= 11 is 0. The lowest BCUT2D eigenvalue weighted by Crippen LogP contribution is -2.02. The van der Waals surface area contributed by atoms with Gasteiger partial charge >= 0.3 is 5.97 Å². The Morgan fingerprint density at radius 2 is 1.94 bits per heavy atom. The van der Waals surface area contributed by atoms with Gasteiger partial charge < -0.3 is 9.47 Å². The van der Waals surface area contributed by atoms with Gasteiger partial charge in [-0.25, -0.2) is 0 Å². The van der Waals surface area contributed by atoms with E-state index in [1.165, 1.54) is 19.2 Å². The summed E-state index contributed by atoms with van der Waals surface area (Å²) in [6.45, 7) is 0.467. The minimum Gasteiger partial charge on any atom is -0.494 e. The van der Waals surface area contributed by atoms with E-state index in [1.807, 2.05) is 0 Å². The molecule has 0 amide bonds. The van der Waals surface area contributed by atoms with Gasteiger partial charge in [-0.2, -0.15) is 0 Å². The van der Waals surface area contributed by atoms with Crippen LogP contribution in [0.15, 0.2) is 24.3 Å². The lowest BCUT2D eigenvalue weighted by molar-refractivity contribution is -0.384. The van der Waals surface area contributed by atoms with Gasteiger partial charge in [-0.1, -0.05) is 0 Å². The summed E-state index contributed by atoms with van der Waals surface area (Å²) in [5, 5.41) is 10.4. The zero-order valence-electron chi connectivity index (χ0n) is 10.1. The van der Waals surface area contributed by atoms with Gasteiger partial charge in [-0.3, -0.25) is 14.9 Å². The summed E-state index contributed by atoms with van der Waals surface area (Å²) in [5.74, 6) is 0.351. The summed E-state index contributed by atoms with van der Waals surface area (Å²) in [5.41, 5.74) is 0.0352. The molecule has 1 aromatic rings. The van der Waals surface area contributed by atoms with Gasteiger partial charge in [-0.05, 0) is 25.0 Å². The van der Waals surface area contributed by atoms with Crippen LogP contribution < -0.4 is 4.74 Å². The van der Waals surface area contributed by atoms with Gasteiger partial charge in [0.2, 0.25) is 0 Å². The lowest BCUT2D eigenvalue weighted by Gasteiger charge is -2.05. The minimum atomic E-state index is -0.458. The van der Waals surface area contributed by atoms with Crippen molar-refractivity contribution < 1.29 is 19.2 Å². The summed E-state index contributed by atoms with van der Waals surface area (Å²) in [4.78, 5) is 20.8. The van der Waals surface area contributed by atoms with Gasteiger partial charge in [0.05, 0.1) is 18.6 Å². The maximum absolute atomic E-state index is 10.8. The highest BCUT2D eigenvalue weighted by Crippen LogP contribution is 2.17. The molecule has 0 saturated carbocycles. The van der Waals surface area contributed by atoms with E-state index in [4.69, 9.17) is 4.74 Å². The van der Waals surface area contributed by atoms with E-state index in [2.05, 4.69) is 4.74 Å². The monoisotopic (exact) mass is 253 g/mol. The molecule has 0 N–H and O–H groups in total. The summed E-state index contributed by atoms with van der Waals surface area (Å²) in [6.07, 6.45) is 1.80. The molecular weight excluding hydrogens is 238 g/mol. The summed E-state index contributed by atoms with van der Waals surface area (Å²) in [6, 6.07) is 5.89. The van der Waals surface area contributed by atoms with E-state index in [0.29, 0.717) is 25.2 Å². The first-order valence-electron chi connectivity index (χ1n) is 5.57. The van der Waals surface area contributed by atoms with E-state index in [-0.39, 0.29) is 11.7 Å². The largest absolute Gasteiger partial charge is 0.494 e. The van der Waals surface area contributed by atoms with Crippen molar-refractivity contribution in [2.24, 2.45) is 0 Å². The number of carbonyl (C=O) groups excluding carboxylic acids is 1. The molecule has 0 atom stereocenters. The molecule has 0 aliphatic heterocycles. The van der Waals surface area contributed by atoms with E-state index in [0.717, 1.165) is 6.42 Å². The Bertz CT molecular complexity index is 401. The first kappa shape index (κ1) is 14.0. The number of hydrogen-bond donors (Lipinski definition) is 0. The molecule has 98 valence electrons. The fourth-order valence-electron chi connectivity index (χ4n) is 1.33. The average molecular weight is 253 g/mol. The fourth-order valence-corrected chi connectivity index (χ4v) is 1.33. The van der Waals surface area contributed by atoms with Crippen LogP contribution in [0.1, 0.15) is 19.3 Å². The number of methoxy groups -OCH3 is 1. The van der Waals surface area contributed by atoms with Gasteiger partial charge in [0.25, 0.3) is 5.69 Å². The summed E-state index contributed by atoms with van der Waals surface area (Å²) < 4.78 is 9.89. The van der Waals surface area contributed by atoms with Gasteiger partial charge in [0.1, 0.15) is 5.75 Å². The predicted molar refractivity (Wildman–Crippen MR) is 64.5 cm³/mol. The topological polar surface area (TPSA) is 78.7 Å². The van der Waals surface area contributed by atoms with Crippen LogP contribution in [-0.4, -0.2) is 24.6 Å². The van der Waals surface area contributed by atoms with E-state index >= 15 is 0 Å². The maximum Gasteiger partial charge on any atom is 0.305 e. The molecule has 0 aliphatic carbocycles. The SMILES string of the molecule is COC(=O)CCCCOc1ccc([N+](=O)[O-])cc1. The van der Waals surface area contributed by atoms with Crippen LogP contribution in [0.25, 0.3) is 0 Å². The van der Waals surface area contributed by atoms with Crippen molar-refractivity contribution in [1.82, 2.24) is 0 Å². The highest BCUT2D eigenvalue weighted by atomic mass is 16.6. The number of carbonyl (C=O) groups is 1. The molecule has 0 heterocycles. The highest BCUT2D eigenvalue weighted by molar-refractivity contribution is 5.68. The molecule has 18 heavy (non-hydrogen) atoms. The molecule has 0 aliphatic rings. The molecule has 1 rings (SSSR count). The van der Waals surface area contributed by atoms with Crippen LogP contribution in [0.2, 0.25) is 0 Å². The van der Waals surface area contributed by atoms with E-state index < -0.39 is 4.92 Å². The van der Waals surface area contributed by atoms with Crippen molar-refractivity contribution in [3.63, 3.8) is 0 Å². The van der Waals surface area contributed by atoms with Crippen LogP contribution in [0, 0.1) is 10.1 Å². The molecule has 0 radical (unpaired) electrons. The van der Waals surface area contributed by atoms with Crippen molar-refractivity contribution in [2.45, 2.75) is 19.3 Å². The van der Waals surface area contributed by atoms with Gasteiger partial charge in [0, 0.05) is 18.6 Å². The number of esters is 1. The number of ether oxygens (including phenoxy) is 2. The molecule has 0 fully saturated rings. The molecule has 0 unspecified atom stereocenters. The van der Waals surface area contributed by atoms with Crippen molar-refractivity contribution in [3.8, 4) is 5.75 Å². The number of rotatable bonds is 7. The molecule has 6 nitrogen and oxygen atoms in total. The van der Waals surface area contributed by atoms with Crippen molar-refractivity contribution >= 4 is 11.7 Å². The van der Waals surface area contributed by atoms with E-state index in [9.17, 15) is 14.9 Å². The van der Waals surface area contributed by atoms with Crippen LogP contribution in [0.4, 0.5) is 5.69 Å². The number of non-ortho nitro benzene ring substituents is 1. The number of benzene rings is 1. The van der Waals surface area contributed by atoms with E-state index in [1.54, 1.807) is 12.1 Å². The van der Waals surface area contributed by atoms with Crippen molar-refractivity contribution in [2.75, 3.05) is 13.7 Å². The van der Waals surface area contributed by atoms with Gasteiger partial charge in [-0.15, -0.1) is 0 Å². The first-order valence-corrected chi connectivity index (χ1v) is 5.57. The summed E-state index contributed by atoms with van der Waals surface area (Å²) in [7, 11) is 1.36. The number of nitro groups is 1. The Labute approximate surface area is 105 Å². The average Bonchev–Trinajstić information content (AvgIpc) is 2.38. The molecule has 6 heteroatoms. The number of unbranched alkanes of at least 4 members (excludes halogenated alkanes) is 1. The second-order valence-electron chi connectivity index (χ2n) is 3.63. The Hall–Kier alpha value is -2.11. The zero-order chi connectivity index (χ0) is 13.4. The third-order valence-corrected chi connectivity index (χ3v) is 2.32. The lowest BCUT2D eigenvalue weighted by atomic mass is 10.2. The van der Waals surface area contributed by atoms with Crippen LogP contribution in [-0.2, 0) is 9.53 Å². The number of nitro benzene ring substituents is 1. The van der Waals surface area contributed by atoms with Crippen molar-refractivity contribution in [3.05, 3.63) is 34.4 Å². The predicted octanol–water partition coefficient (Wildman–Crippen LogP) is 2.32. The van der Waals surface area contributed by atoms with Crippen LogP contribution in [0.3, 0.4) is 0 Å². The maximum atomic E-state index is 10.8. The minimum absolute atomic E-state index is 0.0352. The van der Waals surface area contributed by atoms with Crippen molar-refractivity contribution in [1.29, 1.82) is 0 Å². The second kappa shape index (κ2) is 7.26. The molecule has 0 bridgehead atoms. The Balaban J connectivity index is 2.23. The smallest absolute Gasteiger partial charge is 0.305 e. The number of hydrogen-bond acceptors (Lipinski definition) is 5. The van der Waals surface area contributed by atoms with Crippen LogP contribution in [0.5, 0.6) is 5.75 Å². The molecule has 0 saturated heterocycles. The zero-order valence-corrected chi connectivity index (χ0v) is 10.1. The molecule has 0 spiro atoms. The normalized spacial score (nSPS) is 9.83.